The van der Waals surface area contributed by atoms with Crippen molar-refractivity contribution in [2.24, 2.45) is 0 Å². The first kappa shape index (κ1) is 37.2. The predicted octanol–water partition coefficient (Wildman–Crippen LogP) is 7.90. The Morgan fingerprint density at radius 2 is 1.61 bits per heavy atom. The summed E-state index contributed by atoms with van der Waals surface area (Å²) in [4.78, 5) is 12.7. The molecule has 1 atom stereocenters. The molecule has 1 amide bonds. The number of alkyl halides is 3. The number of benzene rings is 1. The van der Waals surface area contributed by atoms with Gasteiger partial charge in [0.2, 0.25) is 0 Å². The maximum absolute atomic E-state index is 13.9. The van der Waals surface area contributed by atoms with Gasteiger partial charge in [-0.2, -0.15) is 13.2 Å². The van der Waals surface area contributed by atoms with Gasteiger partial charge in [-0.05, 0) is 78.0 Å². The van der Waals surface area contributed by atoms with Gasteiger partial charge in [-0.3, -0.25) is 4.57 Å². The van der Waals surface area contributed by atoms with Crippen LogP contribution in [0.2, 0.25) is 0 Å². The highest BCUT2D eigenvalue weighted by molar-refractivity contribution is 7.53. The van der Waals surface area contributed by atoms with Gasteiger partial charge >= 0.3 is 19.9 Å². The van der Waals surface area contributed by atoms with Crippen molar-refractivity contribution in [2.75, 3.05) is 32.6 Å². The Morgan fingerprint density at radius 1 is 0.976 bits per heavy atom. The van der Waals surface area contributed by atoms with Crippen molar-refractivity contribution in [3.63, 3.8) is 0 Å². The van der Waals surface area contributed by atoms with E-state index in [0.717, 1.165) is 31.7 Å². The molecule has 12 heteroatoms. The Bertz CT molecular complexity index is 959. The van der Waals surface area contributed by atoms with E-state index in [0.29, 0.717) is 12.0 Å². The second-order valence-corrected chi connectivity index (χ2v) is 13.3. The molecule has 1 aromatic carbocycles. The molecular weight excluding hydrogens is 562 g/mol. The number of unbranched alkanes of at least 4 members (excludes halogenated alkanes) is 4. The molecule has 0 aliphatic rings. The van der Waals surface area contributed by atoms with Gasteiger partial charge in [0.25, 0.3) is 0 Å². The number of halogens is 3. The summed E-state index contributed by atoms with van der Waals surface area (Å²) < 4.78 is 76.4. The van der Waals surface area contributed by atoms with Gasteiger partial charge < -0.3 is 28.9 Å². The number of nitrogens with one attached hydrogen (secondary N) is 1. The lowest BCUT2D eigenvalue weighted by Crippen LogP contribution is -2.53. The molecule has 238 valence electrons. The van der Waals surface area contributed by atoms with Crippen molar-refractivity contribution in [1.29, 1.82) is 0 Å². The minimum Gasteiger partial charge on any atom is -0.493 e. The van der Waals surface area contributed by atoms with Crippen molar-refractivity contribution < 1.29 is 46.2 Å². The number of alkyl carbamates (subject to hydrolysis) is 1. The summed E-state index contributed by atoms with van der Waals surface area (Å²) in [6.45, 7) is 10.4. The smallest absolute Gasteiger partial charge is 0.419 e. The predicted molar refractivity (Wildman–Crippen MR) is 154 cm³/mol. The van der Waals surface area contributed by atoms with Crippen LogP contribution in [0.3, 0.4) is 0 Å². The highest BCUT2D eigenvalue weighted by Gasteiger charge is 2.38. The molecule has 2 N–H and O–H groups in total. The van der Waals surface area contributed by atoms with Gasteiger partial charge in [0.05, 0.1) is 43.7 Å². The molecular formula is C29H49F3NO7P. The van der Waals surface area contributed by atoms with Crippen molar-refractivity contribution >= 4 is 13.7 Å². The Balaban J connectivity index is 3.17. The first-order valence-corrected chi connectivity index (χ1v) is 16.2. The fourth-order valence-corrected chi connectivity index (χ4v) is 6.05. The molecule has 0 aliphatic carbocycles. The van der Waals surface area contributed by atoms with Crippen molar-refractivity contribution in [2.45, 2.75) is 110 Å². The fraction of sp³-hybridized carbons (Fsp3) is 0.759. The van der Waals surface area contributed by atoms with Crippen LogP contribution in [0, 0.1) is 0 Å². The van der Waals surface area contributed by atoms with Crippen LogP contribution in [-0.2, 0) is 30.9 Å². The molecule has 0 aliphatic heterocycles. The topological polar surface area (TPSA) is 103 Å². The van der Waals surface area contributed by atoms with E-state index in [1.807, 2.05) is 0 Å². The van der Waals surface area contributed by atoms with E-state index in [1.54, 1.807) is 40.7 Å². The average Bonchev–Trinajstić information content (AvgIpc) is 2.87. The van der Waals surface area contributed by atoms with Gasteiger partial charge in [-0.15, -0.1) is 0 Å². The molecule has 0 aromatic heterocycles. The second-order valence-electron chi connectivity index (χ2n) is 11.1. The lowest BCUT2D eigenvalue weighted by atomic mass is 9.89. The highest BCUT2D eigenvalue weighted by atomic mass is 31.2. The van der Waals surface area contributed by atoms with Crippen LogP contribution in [0.1, 0.15) is 97.6 Å². The summed E-state index contributed by atoms with van der Waals surface area (Å²) in [5.41, 5.74) is -2.73. The summed E-state index contributed by atoms with van der Waals surface area (Å²) in [5, 5.41) is 13.1. The largest absolute Gasteiger partial charge is 0.493 e. The number of aliphatic hydroxyl groups is 1. The number of hydrogen-bond acceptors (Lipinski definition) is 7. The third-order valence-electron chi connectivity index (χ3n) is 6.33. The van der Waals surface area contributed by atoms with E-state index in [9.17, 15) is 27.6 Å². The SMILES string of the molecule is CCCCCCCOc1ccc(CCC(CO)(CCP(=O)(OCC)OCC)NC(=O)OC(C)(C)C)cc1C(F)(F)F. The summed E-state index contributed by atoms with van der Waals surface area (Å²) >= 11 is 0. The van der Waals surface area contributed by atoms with E-state index in [2.05, 4.69) is 12.2 Å². The Morgan fingerprint density at radius 3 is 2.15 bits per heavy atom. The first-order chi connectivity index (χ1) is 19.1. The monoisotopic (exact) mass is 611 g/mol. The Hall–Kier alpha value is -1.81. The highest BCUT2D eigenvalue weighted by Crippen LogP contribution is 2.49. The molecule has 1 rings (SSSR count). The van der Waals surface area contributed by atoms with Crippen LogP contribution < -0.4 is 10.1 Å². The maximum atomic E-state index is 13.9. The Kier molecular flexibility index (Phi) is 15.7. The van der Waals surface area contributed by atoms with E-state index >= 15 is 0 Å². The first-order valence-electron chi connectivity index (χ1n) is 14.5. The lowest BCUT2D eigenvalue weighted by molar-refractivity contribution is -0.139. The number of hydrogen-bond donors (Lipinski definition) is 2. The number of carbonyl (C=O) groups excluding carboxylic acids is 1. The van der Waals surface area contributed by atoms with Crippen LogP contribution in [0.5, 0.6) is 5.75 Å². The molecule has 0 heterocycles. The van der Waals surface area contributed by atoms with Gasteiger partial charge in [0.1, 0.15) is 11.4 Å². The molecule has 8 nitrogen and oxygen atoms in total. The van der Waals surface area contributed by atoms with Crippen LogP contribution in [0.25, 0.3) is 0 Å². The number of ether oxygens (including phenoxy) is 2. The van der Waals surface area contributed by atoms with E-state index in [-0.39, 0.29) is 51.0 Å². The Labute approximate surface area is 243 Å². The third-order valence-corrected chi connectivity index (χ3v) is 8.41. The lowest BCUT2D eigenvalue weighted by Gasteiger charge is -2.35. The molecule has 1 aromatic rings. The van der Waals surface area contributed by atoms with Crippen LogP contribution in [0.4, 0.5) is 18.0 Å². The molecule has 0 saturated carbocycles. The van der Waals surface area contributed by atoms with Crippen molar-refractivity contribution in [1.82, 2.24) is 5.32 Å². The molecule has 0 bridgehead atoms. The molecule has 0 saturated heterocycles. The van der Waals surface area contributed by atoms with Crippen LogP contribution in [-0.4, -0.2) is 54.9 Å². The summed E-state index contributed by atoms with van der Waals surface area (Å²) in [6.07, 6.45) is -0.748. The van der Waals surface area contributed by atoms with Gasteiger partial charge in [-0.25, -0.2) is 4.79 Å². The van der Waals surface area contributed by atoms with Crippen LogP contribution in [0.15, 0.2) is 18.2 Å². The van der Waals surface area contributed by atoms with Crippen LogP contribution >= 0.6 is 7.60 Å². The quantitative estimate of drug-likeness (QED) is 0.121. The molecule has 0 spiro atoms. The number of aliphatic hydroxyl groups excluding tert-OH is 1. The zero-order valence-electron chi connectivity index (χ0n) is 25.4. The zero-order chi connectivity index (χ0) is 31.2. The number of amides is 1. The second kappa shape index (κ2) is 17.3. The molecule has 1 unspecified atom stereocenters. The van der Waals surface area contributed by atoms with Crippen molar-refractivity contribution in [3.8, 4) is 5.75 Å². The third kappa shape index (κ3) is 14.3. The molecule has 0 radical (unpaired) electrons. The minimum absolute atomic E-state index is 0.0224. The zero-order valence-corrected chi connectivity index (χ0v) is 26.3. The molecule has 41 heavy (non-hydrogen) atoms. The van der Waals surface area contributed by atoms with E-state index < -0.39 is 43.2 Å². The maximum Gasteiger partial charge on any atom is 0.419 e. The number of carbonyl (C=O) groups is 1. The van der Waals surface area contributed by atoms with Gasteiger partial charge in [-0.1, -0.05) is 38.7 Å². The summed E-state index contributed by atoms with van der Waals surface area (Å²) in [6, 6.07) is 3.89. The number of rotatable bonds is 19. The minimum atomic E-state index is -4.63. The normalized spacial score (nSPS) is 14.0. The number of aryl methyl sites for hydroxylation is 1. The van der Waals surface area contributed by atoms with E-state index in [1.165, 1.54) is 6.07 Å². The van der Waals surface area contributed by atoms with Gasteiger partial charge in [0, 0.05) is 0 Å². The summed E-state index contributed by atoms with van der Waals surface area (Å²) in [7, 11) is -3.53. The van der Waals surface area contributed by atoms with E-state index in [4.69, 9.17) is 18.5 Å². The average molecular weight is 612 g/mol. The van der Waals surface area contributed by atoms with Gasteiger partial charge in [0.15, 0.2) is 0 Å². The fourth-order valence-electron chi connectivity index (χ4n) is 4.23. The summed E-state index contributed by atoms with van der Waals surface area (Å²) in [5.74, 6) is -0.230. The molecule has 0 fully saturated rings. The van der Waals surface area contributed by atoms with Crippen molar-refractivity contribution in [3.05, 3.63) is 29.3 Å². The standard InChI is InChI=1S/C29H49F3NO7P/c1-7-10-11-12-13-19-37-25-15-14-23(21-24(25)29(30,31)32)16-17-28(22-34,33-26(35)40-27(4,5)6)18-20-41(36,38-8-2)39-9-3/h14-15,21,34H,7-13,16-20,22H2,1-6H3,(H,33,35).